The van der Waals surface area contributed by atoms with Crippen molar-refractivity contribution in [2.45, 2.75) is 19.4 Å². The van der Waals surface area contributed by atoms with Gasteiger partial charge in [-0.15, -0.1) is 0 Å². The van der Waals surface area contributed by atoms with Gasteiger partial charge in [0, 0.05) is 24.6 Å². The molecular formula is C17H19NO. The van der Waals surface area contributed by atoms with Crippen LogP contribution in [0.1, 0.15) is 28.2 Å². The molecule has 1 atom stereocenters. The number of likely N-dealkylation sites (N-methyl/N-ethyl adjacent to an activating group) is 1. The predicted octanol–water partition coefficient (Wildman–Crippen LogP) is 3.28. The van der Waals surface area contributed by atoms with Crippen molar-refractivity contribution in [1.82, 2.24) is 4.90 Å². The molecule has 0 spiro atoms. The van der Waals surface area contributed by atoms with Crippen LogP contribution in [0, 0.1) is 6.92 Å². The van der Waals surface area contributed by atoms with E-state index in [0.717, 1.165) is 24.2 Å². The number of nitrogens with zero attached hydrogens (tertiary/aromatic N) is 1. The van der Waals surface area contributed by atoms with Gasteiger partial charge in [0.05, 0.1) is 0 Å². The van der Waals surface area contributed by atoms with Gasteiger partial charge < -0.3 is 10.0 Å². The average Bonchev–Trinajstić information content (AvgIpc) is 2.40. The van der Waals surface area contributed by atoms with Crippen LogP contribution in [0.4, 0.5) is 0 Å². The minimum absolute atomic E-state index is 0.348. The molecule has 0 saturated heterocycles. The summed E-state index contributed by atoms with van der Waals surface area (Å²) in [5.74, 6) is 0.781. The molecule has 0 aromatic heterocycles. The van der Waals surface area contributed by atoms with Gasteiger partial charge in [-0.3, -0.25) is 0 Å². The van der Waals surface area contributed by atoms with Gasteiger partial charge in [-0.25, -0.2) is 0 Å². The van der Waals surface area contributed by atoms with Crippen molar-refractivity contribution in [2.24, 2.45) is 0 Å². The Hall–Kier alpha value is -1.80. The van der Waals surface area contributed by atoms with Crippen LogP contribution in [0.15, 0.2) is 42.5 Å². The molecule has 2 heteroatoms. The molecule has 0 amide bonds. The molecule has 1 aliphatic rings. The van der Waals surface area contributed by atoms with Crippen molar-refractivity contribution in [3.05, 3.63) is 64.7 Å². The zero-order valence-corrected chi connectivity index (χ0v) is 11.4. The number of benzene rings is 2. The van der Waals surface area contributed by atoms with Crippen LogP contribution in [-0.4, -0.2) is 23.6 Å². The van der Waals surface area contributed by atoms with Gasteiger partial charge in [0.15, 0.2) is 0 Å². The number of hydrogen-bond donors (Lipinski definition) is 1. The largest absolute Gasteiger partial charge is 0.508 e. The van der Waals surface area contributed by atoms with Gasteiger partial charge >= 0.3 is 0 Å². The molecule has 0 radical (unpaired) electrons. The molecule has 0 saturated carbocycles. The maximum atomic E-state index is 10.2. The number of aryl methyl sites for hydroxylation is 1. The lowest BCUT2D eigenvalue weighted by molar-refractivity contribution is 0.288. The number of hydrogen-bond acceptors (Lipinski definition) is 2. The second-order valence-corrected chi connectivity index (χ2v) is 5.51. The Morgan fingerprint density at radius 2 is 1.89 bits per heavy atom. The summed E-state index contributed by atoms with van der Waals surface area (Å²) in [6.07, 6.45) is 0. The number of fused-ring (bicyclic) bond motifs is 1. The maximum Gasteiger partial charge on any atom is 0.120 e. The Bertz CT molecular complexity index is 592. The summed E-state index contributed by atoms with van der Waals surface area (Å²) >= 11 is 0. The monoisotopic (exact) mass is 253 g/mol. The minimum atomic E-state index is 0.348. The average molecular weight is 253 g/mol. The Morgan fingerprint density at radius 1 is 1.16 bits per heavy atom. The van der Waals surface area contributed by atoms with E-state index in [9.17, 15) is 5.11 Å². The van der Waals surface area contributed by atoms with Gasteiger partial charge in [0.1, 0.15) is 5.75 Å². The fourth-order valence-corrected chi connectivity index (χ4v) is 3.02. The van der Waals surface area contributed by atoms with Crippen molar-refractivity contribution in [1.29, 1.82) is 0 Å². The Morgan fingerprint density at radius 3 is 2.63 bits per heavy atom. The van der Waals surface area contributed by atoms with Crippen LogP contribution in [0.3, 0.4) is 0 Å². The van der Waals surface area contributed by atoms with E-state index in [4.69, 9.17) is 0 Å². The third-order valence-electron chi connectivity index (χ3n) is 3.90. The third-order valence-corrected chi connectivity index (χ3v) is 3.90. The first kappa shape index (κ1) is 12.2. The van der Waals surface area contributed by atoms with Crippen molar-refractivity contribution in [2.75, 3.05) is 13.6 Å². The molecule has 1 unspecified atom stereocenters. The first-order valence-electron chi connectivity index (χ1n) is 6.71. The van der Waals surface area contributed by atoms with Crippen molar-refractivity contribution >= 4 is 0 Å². The van der Waals surface area contributed by atoms with Crippen LogP contribution in [-0.2, 0) is 6.54 Å². The highest BCUT2D eigenvalue weighted by atomic mass is 16.3. The number of phenols is 1. The highest BCUT2D eigenvalue weighted by Crippen LogP contribution is 2.37. The summed E-state index contributed by atoms with van der Waals surface area (Å²) in [4.78, 5) is 2.27. The third kappa shape index (κ3) is 2.24. The van der Waals surface area contributed by atoms with E-state index in [0.29, 0.717) is 11.7 Å². The van der Waals surface area contributed by atoms with Gasteiger partial charge in [-0.2, -0.15) is 0 Å². The van der Waals surface area contributed by atoms with Crippen LogP contribution in [0.5, 0.6) is 5.75 Å². The quantitative estimate of drug-likeness (QED) is 0.843. The van der Waals surface area contributed by atoms with Crippen LogP contribution >= 0.6 is 0 Å². The van der Waals surface area contributed by atoms with E-state index in [1.807, 2.05) is 19.1 Å². The lowest BCUT2D eigenvalue weighted by atomic mass is 9.83. The molecule has 1 aliphatic heterocycles. The van der Waals surface area contributed by atoms with Crippen molar-refractivity contribution in [3.63, 3.8) is 0 Å². The summed E-state index contributed by atoms with van der Waals surface area (Å²) in [6, 6.07) is 14.6. The molecule has 2 nitrogen and oxygen atoms in total. The predicted molar refractivity (Wildman–Crippen MR) is 77.5 cm³/mol. The molecule has 0 bridgehead atoms. The summed E-state index contributed by atoms with van der Waals surface area (Å²) in [7, 11) is 2.11. The molecule has 98 valence electrons. The molecule has 2 aromatic rings. The van der Waals surface area contributed by atoms with Crippen LogP contribution < -0.4 is 0 Å². The topological polar surface area (TPSA) is 23.5 Å². The SMILES string of the molecule is Cc1cc(O)c2c(c1)C(c1ccccc1)CN(C)C2. The summed E-state index contributed by atoms with van der Waals surface area (Å²) in [6.45, 7) is 3.87. The van der Waals surface area contributed by atoms with Crippen molar-refractivity contribution in [3.8, 4) is 5.75 Å². The van der Waals surface area contributed by atoms with Crippen molar-refractivity contribution < 1.29 is 5.11 Å². The van der Waals surface area contributed by atoms with E-state index < -0.39 is 0 Å². The van der Waals surface area contributed by atoms with Gasteiger partial charge in [-0.1, -0.05) is 36.4 Å². The highest BCUT2D eigenvalue weighted by molar-refractivity contribution is 5.49. The van der Waals surface area contributed by atoms with Crippen LogP contribution in [0.25, 0.3) is 0 Å². The summed E-state index contributed by atoms with van der Waals surface area (Å²) < 4.78 is 0. The second-order valence-electron chi connectivity index (χ2n) is 5.51. The fraction of sp³-hybridized carbons (Fsp3) is 0.294. The van der Waals surface area contributed by atoms with Gasteiger partial charge in [-0.05, 0) is 36.7 Å². The van der Waals surface area contributed by atoms with E-state index in [1.165, 1.54) is 11.1 Å². The number of phenolic OH excluding ortho intramolecular Hbond substituents is 1. The summed E-state index contributed by atoms with van der Waals surface area (Å²) in [5, 5.41) is 10.2. The minimum Gasteiger partial charge on any atom is -0.508 e. The van der Waals surface area contributed by atoms with E-state index in [-0.39, 0.29) is 0 Å². The Labute approximate surface area is 114 Å². The fourth-order valence-electron chi connectivity index (χ4n) is 3.02. The maximum absolute atomic E-state index is 10.2. The molecule has 0 aliphatic carbocycles. The Balaban J connectivity index is 2.14. The lowest BCUT2D eigenvalue weighted by Crippen LogP contribution is -2.31. The molecular weight excluding hydrogens is 234 g/mol. The summed E-state index contributed by atoms with van der Waals surface area (Å²) in [5.41, 5.74) is 4.80. The molecule has 19 heavy (non-hydrogen) atoms. The molecule has 2 aromatic carbocycles. The van der Waals surface area contributed by atoms with E-state index in [1.54, 1.807) is 0 Å². The molecule has 1 heterocycles. The Kier molecular flexibility index (Phi) is 3.03. The molecule has 3 rings (SSSR count). The normalized spacial score (nSPS) is 19.2. The van der Waals surface area contributed by atoms with Gasteiger partial charge in [0.2, 0.25) is 0 Å². The highest BCUT2D eigenvalue weighted by Gasteiger charge is 2.26. The lowest BCUT2D eigenvalue weighted by Gasteiger charge is -2.33. The second kappa shape index (κ2) is 4.71. The zero-order valence-electron chi connectivity index (χ0n) is 11.4. The molecule has 0 fully saturated rings. The first-order valence-corrected chi connectivity index (χ1v) is 6.71. The smallest absolute Gasteiger partial charge is 0.120 e. The zero-order chi connectivity index (χ0) is 13.4. The standard InChI is InChI=1S/C17H19NO/c1-12-8-14-15(13-6-4-3-5-7-13)10-18(2)11-16(14)17(19)9-12/h3-9,15,19H,10-11H2,1-2H3. The van der Waals surface area contributed by atoms with Crippen LogP contribution in [0.2, 0.25) is 0 Å². The number of aromatic hydroxyl groups is 1. The van der Waals surface area contributed by atoms with E-state index >= 15 is 0 Å². The van der Waals surface area contributed by atoms with E-state index in [2.05, 4.69) is 42.3 Å². The number of rotatable bonds is 1. The molecule has 1 N–H and O–H groups in total. The first-order chi connectivity index (χ1) is 9.15. The van der Waals surface area contributed by atoms with Gasteiger partial charge in [0.25, 0.3) is 0 Å².